The van der Waals surface area contributed by atoms with Crippen molar-refractivity contribution < 1.29 is 18.4 Å². The van der Waals surface area contributed by atoms with Crippen LogP contribution in [0.15, 0.2) is 45.4 Å². The van der Waals surface area contributed by atoms with Crippen LogP contribution < -0.4 is 15.0 Å². The van der Waals surface area contributed by atoms with Crippen LogP contribution in [0.5, 0.6) is 5.75 Å². The van der Waals surface area contributed by atoms with E-state index in [1.165, 1.54) is 13.4 Å². The summed E-state index contributed by atoms with van der Waals surface area (Å²) in [6, 6.07) is 10.6. The smallest absolute Gasteiger partial charge is 0.266 e. The second-order valence-electron chi connectivity index (χ2n) is 6.92. The molecule has 3 aromatic rings. The standard InChI is InChI=1S/C21H20ClN5O4/c1-29-17-5-4-14(22)11-15(17)24-19(28)13-26-6-8-27(9-7-26)21-16(12-23)25-20(31-21)18-3-2-10-30-18/h2-5,10-11H,6-9,13H2,1H3,(H,24,28). The third-order valence-corrected chi connectivity index (χ3v) is 5.14. The number of carbonyl (C=O) groups is 1. The number of furan rings is 1. The van der Waals surface area contributed by atoms with Gasteiger partial charge in [-0.05, 0) is 30.3 Å². The topological polar surface area (TPSA) is 108 Å². The minimum atomic E-state index is -0.161. The van der Waals surface area contributed by atoms with Crippen molar-refractivity contribution in [3.8, 4) is 23.5 Å². The second-order valence-corrected chi connectivity index (χ2v) is 7.35. The van der Waals surface area contributed by atoms with Gasteiger partial charge in [0.25, 0.3) is 5.89 Å². The Morgan fingerprint density at radius 2 is 2.13 bits per heavy atom. The van der Waals surface area contributed by atoms with Crippen LogP contribution in [-0.4, -0.2) is 55.6 Å². The van der Waals surface area contributed by atoms with Gasteiger partial charge in [-0.2, -0.15) is 10.2 Å². The van der Waals surface area contributed by atoms with Crippen LogP contribution in [0, 0.1) is 11.3 Å². The zero-order valence-electron chi connectivity index (χ0n) is 16.8. The molecule has 1 saturated heterocycles. The molecular weight excluding hydrogens is 422 g/mol. The summed E-state index contributed by atoms with van der Waals surface area (Å²) in [7, 11) is 1.54. The van der Waals surface area contributed by atoms with Gasteiger partial charge in [0, 0.05) is 31.2 Å². The number of hydrogen-bond donors (Lipinski definition) is 1. The first-order valence-corrected chi connectivity index (χ1v) is 10.0. The van der Waals surface area contributed by atoms with E-state index in [-0.39, 0.29) is 24.0 Å². The molecule has 0 saturated carbocycles. The molecule has 0 atom stereocenters. The Morgan fingerprint density at radius 3 is 2.81 bits per heavy atom. The van der Waals surface area contributed by atoms with Gasteiger partial charge in [0.15, 0.2) is 5.76 Å². The Morgan fingerprint density at radius 1 is 1.32 bits per heavy atom. The quantitative estimate of drug-likeness (QED) is 0.621. The summed E-state index contributed by atoms with van der Waals surface area (Å²) in [5, 5.41) is 12.8. The number of nitriles is 1. The molecule has 1 fully saturated rings. The molecule has 3 heterocycles. The molecule has 0 radical (unpaired) electrons. The molecule has 1 aromatic carbocycles. The lowest BCUT2D eigenvalue weighted by Crippen LogP contribution is -2.48. The van der Waals surface area contributed by atoms with E-state index in [9.17, 15) is 10.1 Å². The lowest BCUT2D eigenvalue weighted by molar-refractivity contribution is -0.117. The molecule has 1 aliphatic heterocycles. The number of anilines is 2. The highest BCUT2D eigenvalue weighted by molar-refractivity contribution is 6.31. The minimum absolute atomic E-state index is 0.161. The van der Waals surface area contributed by atoms with Gasteiger partial charge >= 0.3 is 0 Å². The zero-order chi connectivity index (χ0) is 21.8. The highest BCUT2D eigenvalue weighted by Crippen LogP contribution is 2.29. The summed E-state index contributed by atoms with van der Waals surface area (Å²) >= 11 is 6.02. The number of oxazole rings is 1. The molecule has 160 valence electrons. The van der Waals surface area contributed by atoms with Crippen molar-refractivity contribution in [2.45, 2.75) is 0 Å². The summed E-state index contributed by atoms with van der Waals surface area (Å²) < 4.78 is 16.4. The predicted molar refractivity (Wildman–Crippen MR) is 114 cm³/mol. The van der Waals surface area contributed by atoms with E-state index in [0.717, 1.165) is 0 Å². The zero-order valence-corrected chi connectivity index (χ0v) is 17.6. The molecule has 0 spiro atoms. The molecule has 0 aliphatic carbocycles. The first kappa shape index (κ1) is 20.8. The van der Waals surface area contributed by atoms with E-state index >= 15 is 0 Å². The molecule has 1 N–H and O–H groups in total. The number of rotatable bonds is 6. The van der Waals surface area contributed by atoms with Gasteiger partial charge in [0.1, 0.15) is 11.8 Å². The first-order chi connectivity index (χ1) is 15.1. The number of nitrogens with zero attached hydrogens (tertiary/aromatic N) is 4. The highest BCUT2D eigenvalue weighted by atomic mass is 35.5. The molecule has 31 heavy (non-hydrogen) atoms. The van der Waals surface area contributed by atoms with Gasteiger partial charge in [-0.3, -0.25) is 9.69 Å². The number of amides is 1. The Bertz CT molecular complexity index is 1100. The molecule has 4 rings (SSSR count). The van der Waals surface area contributed by atoms with Crippen LogP contribution in [0.3, 0.4) is 0 Å². The summed E-state index contributed by atoms with van der Waals surface area (Å²) in [5.74, 6) is 1.54. The van der Waals surface area contributed by atoms with E-state index in [2.05, 4.69) is 16.4 Å². The molecule has 1 aliphatic rings. The maximum Gasteiger partial charge on any atom is 0.266 e. The van der Waals surface area contributed by atoms with E-state index in [4.69, 9.17) is 25.2 Å². The molecule has 0 bridgehead atoms. The monoisotopic (exact) mass is 441 g/mol. The number of hydrogen-bond acceptors (Lipinski definition) is 8. The Labute approximate surface area is 183 Å². The van der Waals surface area contributed by atoms with Gasteiger partial charge in [-0.1, -0.05) is 11.6 Å². The number of aromatic nitrogens is 1. The lowest BCUT2D eigenvalue weighted by atomic mass is 10.2. The van der Waals surface area contributed by atoms with E-state index in [0.29, 0.717) is 54.3 Å². The fourth-order valence-electron chi connectivity index (χ4n) is 3.38. The highest BCUT2D eigenvalue weighted by Gasteiger charge is 2.26. The third kappa shape index (κ3) is 4.66. The minimum Gasteiger partial charge on any atom is -0.495 e. The Hall–Kier alpha value is -3.48. The van der Waals surface area contributed by atoms with Crippen molar-refractivity contribution in [3.63, 3.8) is 0 Å². The van der Waals surface area contributed by atoms with Crippen LogP contribution in [0.2, 0.25) is 5.02 Å². The normalized spacial score (nSPS) is 14.3. The van der Waals surface area contributed by atoms with Gasteiger partial charge in [-0.25, -0.2) is 0 Å². The second kappa shape index (κ2) is 9.12. The van der Waals surface area contributed by atoms with Crippen molar-refractivity contribution in [3.05, 3.63) is 47.3 Å². The van der Waals surface area contributed by atoms with Gasteiger partial charge in [0.05, 0.1) is 25.6 Å². The fraction of sp³-hybridized carbons (Fsp3) is 0.286. The van der Waals surface area contributed by atoms with E-state index in [1.54, 1.807) is 30.3 Å². The Balaban J connectivity index is 1.36. The number of halogens is 1. The number of nitrogens with one attached hydrogen (secondary N) is 1. The summed E-state index contributed by atoms with van der Waals surface area (Å²) in [6.45, 7) is 2.66. The largest absolute Gasteiger partial charge is 0.495 e. The number of methoxy groups -OCH3 is 1. The van der Waals surface area contributed by atoms with Crippen molar-refractivity contribution in [1.82, 2.24) is 9.88 Å². The predicted octanol–water partition coefficient (Wildman–Crippen LogP) is 3.23. The van der Waals surface area contributed by atoms with Crippen molar-refractivity contribution in [1.29, 1.82) is 5.26 Å². The van der Waals surface area contributed by atoms with Crippen LogP contribution in [-0.2, 0) is 4.79 Å². The molecular formula is C21H20ClN5O4. The third-order valence-electron chi connectivity index (χ3n) is 4.91. The van der Waals surface area contributed by atoms with Crippen LogP contribution >= 0.6 is 11.6 Å². The van der Waals surface area contributed by atoms with Gasteiger partial charge in [-0.15, -0.1) is 0 Å². The average molecular weight is 442 g/mol. The van der Waals surface area contributed by atoms with Gasteiger partial charge in [0.2, 0.25) is 17.5 Å². The number of benzene rings is 1. The maximum atomic E-state index is 12.5. The van der Waals surface area contributed by atoms with E-state index < -0.39 is 0 Å². The van der Waals surface area contributed by atoms with E-state index in [1.807, 2.05) is 9.80 Å². The molecule has 1 amide bonds. The first-order valence-electron chi connectivity index (χ1n) is 9.63. The summed E-state index contributed by atoms with van der Waals surface area (Å²) in [4.78, 5) is 20.7. The SMILES string of the molecule is COc1ccc(Cl)cc1NC(=O)CN1CCN(c2oc(-c3ccco3)nc2C#N)CC1. The average Bonchev–Trinajstić information content (AvgIpc) is 3.44. The number of piperazine rings is 1. The van der Waals surface area contributed by atoms with Gasteiger partial charge < -0.3 is 23.8 Å². The van der Waals surface area contributed by atoms with Crippen LogP contribution in [0.1, 0.15) is 5.69 Å². The fourth-order valence-corrected chi connectivity index (χ4v) is 3.56. The molecule has 0 unspecified atom stereocenters. The number of ether oxygens (including phenoxy) is 1. The lowest BCUT2D eigenvalue weighted by Gasteiger charge is -2.34. The molecule has 2 aromatic heterocycles. The molecule has 9 nitrogen and oxygen atoms in total. The van der Waals surface area contributed by atoms with Crippen molar-refractivity contribution >= 4 is 29.1 Å². The van der Waals surface area contributed by atoms with Crippen molar-refractivity contribution in [2.24, 2.45) is 0 Å². The van der Waals surface area contributed by atoms with Crippen LogP contribution in [0.4, 0.5) is 11.6 Å². The van der Waals surface area contributed by atoms with Crippen LogP contribution in [0.25, 0.3) is 11.7 Å². The van der Waals surface area contributed by atoms with Crippen molar-refractivity contribution in [2.75, 3.05) is 50.1 Å². The number of carbonyl (C=O) groups excluding carboxylic acids is 1. The summed E-state index contributed by atoms with van der Waals surface area (Å²) in [5.41, 5.74) is 0.745. The maximum absolute atomic E-state index is 12.5. The summed E-state index contributed by atoms with van der Waals surface area (Å²) in [6.07, 6.45) is 1.52. The Kier molecular flexibility index (Phi) is 6.11. The molecule has 10 heteroatoms.